The van der Waals surface area contributed by atoms with Crippen LogP contribution in [0.2, 0.25) is 0 Å². The number of piperazine rings is 1. The third kappa shape index (κ3) is 2.97. The summed E-state index contributed by atoms with van der Waals surface area (Å²) >= 11 is 0. The lowest BCUT2D eigenvalue weighted by Crippen LogP contribution is -2.44. The number of nitrogens with zero attached hydrogens (tertiary/aromatic N) is 3. The molecule has 0 aliphatic carbocycles. The minimum absolute atomic E-state index is 0.789. The number of nitrogens with one attached hydrogen (secondary N) is 1. The number of benzene rings is 1. The zero-order chi connectivity index (χ0) is 14.7. The van der Waals surface area contributed by atoms with Crippen LogP contribution < -0.4 is 15.0 Å². The van der Waals surface area contributed by atoms with Gasteiger partial charge in [-0.15, -0.1) is 0 Å². The van der Waals surface area contributed by atoms with Gasteiger partial charge in [0.1, 0.15) is 5.75 Å². The van der Waals surface area contributed by atoms with Crippen molar-refractivity contribution in [2.75, 3.05) is 38.2 Å². The Morgan fingerprint density at radius 2 is 2.00 bits per heavy atom. The van der Waals surface area contributed by atoms with Gasteiger partial charge in [0.2, 0.25) is 5.95 Å². The van der Waals surface area contributed by atoms with Crippen LogP contribution in [0.3, 0.4) is 0 Å². The molecule has 1 fully saturated rings. The Kier molecular flexibility index (Phi) is 4.01. The van der Waals surface area contributed by atoms with Crippen molar-refractivity contribution >= 4 is 5.95 Å². The summed E-state index contributed by atoms with van der Waals surface area (Å²) in [5.74, 6) is 1.63. The van der Waals surface area contributed by atoms with Crippen molar-refractivity contribution in [3.05, 3.63) is 36.0 Å². The van der Waals surface area contributed by atoms with Crippen molar-refractivity contribution < 1.29 is 4.74 Å². The first-order valence-electron chi connectivity index (χ1n) is 7.21. The summed E-state index contributed by atoms with van der Waals surface area (Å²) in [4.78, 5) is 11.3. The third-order valence-corrected chi connectivity index (χ3v) is 3.67. The summed E-state index contributed by atoms with van der Waals surface area (Å²) in [5, 5.41) is 3.34. The molecule has 0 bridgehead atoms. The summed E-state index contributed by atoms with van der Waals surface area (Å²) in [5.41, 5.74) is 3.10. The molecule has 5 nitrogen and oxygen atoms in total. The number of anilines is 1. The van der Waals surface area contributed by atoms with E-state index in [0.717, 1.165) is 49.1 Å². The van der Waals surface area contributed by atoms with E-state index in [4.69, 9.17) is 9.72 Å². The molecule has 1 saturated heterocycles. The largest absolute Gasteiger partial charge is 0.496 e. The molecule has 110 valence electrons. The van der Waals surface area contributed by atoms with E-state index in [9.17, 15) is 0 Å². The Hall–Kier alpha value is -2.14. The molecular weight excluding hydrogens is 264 g/mol. The van der Waals surface area contributed by atoms with Gasteiger partial charge in [-0.1, -0.05) is 11.6 Å². The van der Waals surface area contributed by atoms with Crippen LogP contribution in [0.1, 0.15) is 5.56 Å². The van der Waals surface area contributed by atoms with Crippen LogP contribution in [-0.2, 0) is 0 Å². The van der Waals surface area contributed by atoms with Crippen molar-refractivity contribution in [2.45, 2.75) is 6.92 Å². The van der Waals surface area contributed by atoms with E-state index in [2.05, 4.69) is 28.2 Å². The number of hydrogen-bond acceptors (Lipinski definition) is 5. The van der Waals surface area contributed by atoms with Crippen molar-refractivity contribution in [2.24, 2.45) is 0 Å². The van der Waals surface area contributed by atoms with Gasteiger partial charge in [-0.25, -0.2) is 9.97 Å². The molecule has 1 aromatic heterocycles. The maximum Gasteiger partial charge on any atom is 0.225 e. The average molecular weight is 284 g/mol. The number of methoxy groups -OCH3 is 1. The van der Waals surface area contributed by atoms with Gasteiger partial charge >= 0.3 is 0 Å². The highest BCUT2D eigenvalue weighted by Crippen LogP contribution is 2.30. The minimum atomic E-state index is 0.789. The van der Waals surface area contributed by atoms with E-state index in [0.29, 0.717) is 0 Å². The molecule has 5 heteroatoms. The lowest BCUT2D eigenvalue weighted by molar-refractivity contribution is 0.416. The number of ether oxygens (including phenoxy) is 1. The monoisotopic (exact) mass is 284 g/mol. The number of rotatable bonds is 3. The second-order valence-electron chi connectivity index (χ2n) is 5.18. The van der Waals surface area contributed by atoms with Gasteiger partial charge < -0.3 is 15.0 Å². The molecule has 1 N–H and O–H groups in total. The van der Waals surface area contributed by atoms with E-state index in [1.807, 2.05) is 24.4 Å². The molecule has 0 amide bonds. The first-order chi connectivity index (χ1) is 10.3. The predicted octanol–water partition coefficient (Wildman–Crippen LogP) is 1.87. The fraction of sp³-hybridized carbons (Fsp3) is 0.375. The molecule has 1 aromatic carbocycles. The summed E-state index contributed by atoms with van der Waals surface area (Å²) in [6.07, 6.45) is 1.82. The molecule has 1 aliphatic heterocycles. The van der Waals surface area contributed by atoms with Gasteiger partial charge in [0.05, 0.1) is 12.8 Å². The topological polar surface area (TPSA) is 50.3 Å². The molecule has 2 aromatic rings. The van der Waals surface area contributed by atoms with E-state index >= 15 is 0 Å². The molecule has 0 spiro atoms. The van der Waals surface area contributed by atoms with Gasteiger partial charge in [0.25, 0.3) is 0 Å². The van der Waals surface area contributed by atoms with Crippen LogP contribution in [0, 0.1) is 6.92 Å². The normalized spacial score (nSPS) is 15.0. The zero-order valence-electron chi connectivity index (χ0n) is 12.5. The lowest BCUT2D eigenvalue weighted by Gasteiger charge is -2.27. The highest BCUT2D eigenvalue weighted by molar-refractivity contribution is 5.68. The summed E-state index contributed by atoms with van der Waals surface area (Å²) in [7, 11) is 1.69. The molecular formula is C16H20N4O. The van der Waals surface area contributed by atoms with Crippen molar-refractivity contribution in [3.63, 3.8) is 0 Å². The van der Waals surface area contributed by atoms with Crippen molar-refractivity contribution in [1.29, 1.82) is 0 Å². The van der Waals surface area contributed by atoms with Crippen LogP contribution in [0.15, 0.2) is 30.5 Å². The van der Waals surface area contributed by atoms with Gasteiger partial charge in [-0.3, -0.25) is 0 Å². The molecule has 0 radical (unpaired) electrons. The lowest BCUT2D eigenvalue weighted by atomic mass is 10.1. The standard InChI is InChI=1S/C16H20N4O/c1-12-3-4-15(21-2)13(11-12)14-5-6-18-16(19-14)20-9-7-17-8-10-20/h3-6,11,17H,7-10H2,1-2H3. The Balaban J connectivity index is 1.97. The van der Waals surface area contributed by atoms with Crippen LogP contribution >= 0.6 is 0 Å². The highest BCUT2D eigenvalue weighted by atomic mass is 16.5. The summed E-state index contributed by atoms with van der Waals surface area (Å²) in [6, 6.07) is 8.06. The summed E-state index contributed by atoms with van der Waals surface area (Å²) < 4.78 is 5.46. The zero-order valence-corrected chi connectivity index (χ0v) is 12.5. The average Bonchev–Trinajstić information content (AvgIpc) is 2.56. The van der Waals surface area contributed by atoms with E-state index < -0.39 is 0 Å². The summed E-state index contributed by atoms with van der Waals surface area (Å²) in [6.45, 7) is 5.90. The maximum absolute atomic E-state index is 5.46. The first-order valence-corrected chi connectivity index (χ1v) is 7.21. The van der Waals surface area contributed by atoms with E-state index in [1.165, 1.54) is 5.56 Å². The van der Waals surface area contributed by atoms with E-state index in [-0.39, 0.29) is 0 Å². The Morgan fingerprint density at radius 1 is 1.19 bits per heavy atom. The molecule has 21 heavy (non-hydrogen) atoms. The number of hydrogen-bond donors (Lipinski definition) is 1. The van der Waals surface area contributed by atoms with Gasteiger partial charge in [-0.2, -0.15) is 0 Å². The van der Waals surface area contributed by atoms with Gasteiger partial charge in [0, 0.05) is 37.9 Å². The van der Waals surface area contributed by atoms with E-state index in [1.54, 1.807) is 7.11 Å². The van der Waals surface area contributed by atoms with Crippen LogP contribution in [0.4, 0.5) is 5.95 Å². The number of aryl methyl sites for hydroxylation is 1. The van der Waals surface area contributed by atoms with Crippen LogP contribution in [0.5, 0.6) is 5.75 Å². The SMILES string of the molecule is COc1ccc(C)cc1-c1ccnc(N2CCNCC2)n1. The molecule has 1 aliphatic rings. The van der Waals surface area contributed by atoms with Crippen LogP contribution in [0.25, 0.3) is 11.3 Å². The maximum atomic E-state index is 5.46. The molecule has 2 heterocycles. The van der Waals surface area contributed by atoms with Crippen molar-refractivity contribution in [1.82, 2.24) is 15.3 Å². The highest BCUT2D eigenvalue weighted by Gasteiger charge is 2.15. The smallest absolute Gasteiger partial charge is 0.225 e. The Morgan fingerprint density at radius 3 is 2.76 bits per heavy atom. The van der Waals surface area contributed by atoms with Gasteiger partial charge in [0.15, 0.2) is 0 Å². The second-order valence-corrected chi connectivity index (χ2v) is 5.18. The Bertz CT molecular complexity index is 623. The predicted molar refractivity (Wildman–Crippen MR) is 83.8 cm³/mol. The van der Waals surface area contributed by atoms with Crippen molar-refractivity contribution in [3.8, 4) is 17.0 Å². The fourth-order valence-corrected chi connectivity index (χ4v) is 2.54. The van der Waals surface area contributed by atoms with Crippen LogP contribution in [-0.4, -0.2) is 43.3 Å². The molecule has 0 saturated carbocycles. The Labute approximate surface area is 125 Å². The fourth-order valence-electron chi connectivity index (χ4n) is 2.54. The molecule has 0 atom stereocenters. The number of aromatic nitrogens is 2. The first kappa shape index (κ1) is 13.8. The minimum Gasteiger partial charge on any atom is -0.496 e. The molecule has 3 rings (SSSR count). The quantitative estimate of drug-likeness (QED) is 0.932. The second kappa shape index (κ2) is 6.10. The van der Waals surface area contributed by atoms with Gasteiger partial charge in [-0.05, 0) is 25.1 Å². The third-order valence-electron chi connectivity index (χ3n) is 3.67. The molecule has 0 unspecified atom stereocenters.